The van der Waals surface area contributed by atoms with E-state index in [4.69, 9.17) is 16.9 Å². The second-order valence-electron chi connectivity index (χ2n) is 2.31. The molecule has 0 spiro atoms. The number of nitrogens with zero attached hydrogens (tertiary/aromatic N) is 1. The zero-order chi connectivity index (χ0) is 9.68. The largest absolute Gasteiger partial charge is 0.198 e. The summed E-state index contributed by atoms with van der Waals surface area (Å²) in [6, 6.07) is 7.78. The van der Waals surface area contributed by atoms with Gasteiger partial charge in [-0.3, -0.25) is 0 Å². The summed E-state index contributed by atoms with van der Waals surface area (Å²) >= 11 is 11.0. The lowest BCUT2D eigenvalue weighted by molar-refractivity contribution is 1.23. The van der Waals surface area contributed by atoms with Crippen LogP contribution < -0.4 is 0 Å². The van der Waals surface area contributed by atoms with E-state index < -0.39 is 0 Å². The second-order valence-corrected chi connectivity index (χ2v) is 4.67. The van der Waals surface area contributed by atoms with Gasteiger partial charge < -0.3 is 0 Å². The standard InChI is InChI=1S/C9H7BrClNS/c10-7-3-1-4-8(11)9(7)13-6-2-5-12/h1,3-4H,2,6H2. The van der Waals surface area contributed by atoms with Gasteiger partial charge in [-0.1, -0.05) is 17.7 Å². The van der Waals surface area contributed by atoms with Gasteiger partial charge in [-0.25, -0.2) is 0 Å². The minimum absolute atomic E-state index is 0.544. The maximum atomic E-state index is 8.37. The van der Waals surface area contributed by atoms with Gasteiger partial charge in [0.05, 0.1) is 11.1 Å². The summed E-state index contributed by atoms with van der Waals surface area (Å²) in [7, 11) is 0. The predicted molar refractivity (Wildman–Crippen MR) is 60.1 cm³/mol. The van der Waals surface area contributed by atoms with Gasteiger partial charge >= 0.3 is 0 Å². The summed E-state index contributed by atoms with van der Waals surface area (Å²) in [6.45, 7) is 0. The van der Waals surface area contributed by atoms with E-state index in [1.165, 1.54) is 0 Å². The van der Waals surface area contributed by atoms with Gasteiger partial charge in [0.1, 0.15) is 0 Å². The van der Waals surface area contributed by atoms with Crippen LogP contribution in [-0.2, 0) is 0 Å². The topological polar surface area (TPSA) is 23.8 Å². The Morgan fingerprint density at radius 2 is 2.31 bits per heavy atom. The first-order valence-electron chi connectivity index (χ1n) is 3.69. The predicted octanol–water partition coefficient (Wildman–Crippen LogP) is 4.11. The molecule has 0 saturated carbocycles. The number of hydrogen-bond donors (Lipinski definition) is 0. The monoisotopic (exact) mass is 275 g/mol. The first-order chi connectivity index (χ1) is 6.25. The maximum Gasteiger partial charge on any atom is 0.0630 e. The third-order valence-corrected chi connectivity index (χ3v) is 3.87. The highest BCUT2D eigenvalue weighted by atomic mass is 79.9. The third-order valence-electron chi connectivity index (χ3n) is 1.38. The fourth-order valence-corrected chi connectivity index (χ4v) is 2.79. The number of hydrogen-bond acceptors (Lipinski definition) is 2. The molecule has 0 N–H and O–H groups in total. The highest BCUT2D eigenvalue weighted by molar-refractivity contribution is 9.10. The Labute approximate surface area is 95.2 Å². The molecule has 0 fully saturated rings. The second kappa shape index (κ2) is 5.54. The molecule has 13 heavy (non-hydrogen) atoms. The van der Waals surface area contributed by atoms with Crippen LogP contribution in [0.2, 0.25) is 5.02 Å². The maximum absolute atomic E-state index is 8.37. The van der Waals surface area contributed by atoms with Gasteiger partial charge in [0.25, 0.3) is 0 Å². The van der Waals surface area contributed by atoms with E-state index in [0.717, 1.165) is 20.1 Å². The molecule has 1 rings (SSSR count). The normalized spacial score (nSPS) is 9.62. The van der Waals surface area contributed by atoms with Crippen molar-refractivity contribution >= 4 is 39.3 Å². The average Bonchev–Trinajstić information content (AvgIpc) is 2.10. The molecule has 1 nitrogen and oxygen atoms in total. The van der Waals surface area contributed by atoms with E-state index in [0.29, 0.717) is 6.42 Å². The quantitative estimate of drug-likeness (QED) is 0.613. The van der Waals surface area contributed by atoms with Crippen molar-refractivity contribution < 1.29 is 0 Å². The molecule has 0 heterocycles. The van der Waals surface area contributed by atoms with E-state index >= 15 is 0 Å². The van der Waals surface area contributed by atoms with Crippen molar-refractivity contribution in [3.8, 4) is 6.07 Å². The summed E-state index contributed by atoms with van der Waals surface area (Å²) in [5, 5.41) is 9.11. The number of nitriles is 1. The fourth-order valence-electron chi connectivity index (χ4n) is 0.819. The smallest absolute Gasteiger partial charge is 0.0630 e. The lowest BCUT2D eigenvalue weighted by Gasteiger charge is -2.04. The minimum atomic E-state index is 0.544. The Balaban J connectivity index is 2.71. The van der Waals surface area contributed by atoms with Crippen LogP contribution >= 0.6 is 39.3 Å². The Morgan fingerprint density at radius 1 is 1.54 bits per heavy atom. The summed E-state index contributed by atoms with van der Waals surface area (Å²) in [5.41, 5.74) is 0. The molecule has 68 valence electrons. The molecule has 0 unspecified atom stereocenters. The Hall–Kier alpha value is -0.170. The molecule has 0 aromatic heterocycles. The molecule has 4 heteroatoms. The van der Waals surface area contributed by atoms with Gasteiger partial charge in [0, 0.05) is 21.5 Å². The fraction of sp³-hybridized carbons (Fsp3) is 0.222. The van der Waals surface area contributed by atoms with Gasteiger partial charge in [-0.15, -0.1) is 11.8 Å². The molecule has 0 bridgehead atoms. The van der Waals surface area contributed by atoms with E-state index in [1.54, 1.807) is 11.8 Å². The Kier molecular flexibility index (Phi) is 4.65. The lowest BCUT2D eigenvalue weighted by atomic mass is 10.4. The highest BCUT2D eigenvalue weighted by Crippen LogP contribution is 2.34. The molecule has 1 aromatic rings. The van der Waals surface area contributed by atoms with Crippen LogP contribution in [0.4, 0.5) is 0 Å². The van der Waals surface area contributed by atoms with E-state index in [-0.39, 0.29) is 0 Å². The lowest BCUT2D eigenvalue weighted by Crippen LogP contribution is -1.80. The number of halogens is 2. The van der Waals surface area contributed by atoms with Crippen molar-refractivity contribution in [2.75, 3.05) is 5.75 Å². The molecule has 1 aromatic carbocycles. The van der Waals surface area contributed by atoms with Crippen molar-refractivity contribution in [3.05, 3.63) is 27.7 Å². The van der Waals surface area contributed by atoms with Crippen LogP contribution in [-0.4, -0.2) is 5.75 Å². The van der Waals surface area contributed by atoms with E-state index in [9.17, 15) is 0 Å². The number of benzene rings is 1. The van der Waals surface area contributed by atoms with Gasteiger partial charge in [0.2, 0.25) is 0 Å². The number of rotatable bonds is 3. The van der Waals surface area contributed by atoms with E-state index in [2.05, 4.69) is 22.0 Å². The van der Waals surface area contributed by atoms with Gasteiger partial charge in [0.15, 0.2) is 0 Å². The Morgan fingerprint density at radius 3 is 2.92 bits per heavy atom. The first kappa shape index (κ1) is 10.9. The molecule has 0 radical (unpaired) electrons. The third kappa shape index (κ3) is 3.22. The zero-order valence-electron chi connectivity index (χ0n) is 6.76. The van der Waals surface area contributed by atoms with Crippen LogP contribution in [0.3, 0.4) is 0 Å². The summed E-state index contributed by atoms with van der Waals surface area (Å²) in [6.07, 6.45) is 0.544. The highest BCUT2D eigenvalue weighted by Gasteiger charge is 2.04. The molecule has 0 atom stereocenters. The minimum Gasteiger partial charge on any atom is -0.198 e. The molecule has 0 aliphatic carbocycles. The van der Waals surface area contributed by atoms with Crippen LogP contribution in [0, 0.1) is 11.3 Å². The average molecular weight is 277 g/mol. The molecular formula is C9H7BrClNS. The van der Waals surface area contributed by atoms with Crippen molar-refractivity contribution in [3.63, 3.8) is 0 Å². The van der Waals surface area contributed by atoms with Crippen LogP contribution in [0.15, 0.2) is 27.6 Å². The van der Waals surface area contributed by atoms with Gasteiger partial charge in [-0.05, 0) is 28.1 Å². The van der Waals surface area contributed by atoms with Crippen LogP contribution in [0.25, 0.3) is 0 Å². The van der Waals surface area contributed by atoms with Crippen molar-refractivity contribution in [1.29, 1.82) is 5.26 Å². The number of thioether (sulfide) groups is 1. The molecular weight excluding hydrogens is 270 g/mol. The SMILES string of the molecule is N#CCCSc1c(Cl)cccc1Br. The van der Waals surface area contributed by atoms with Crippen molar-refractivity contribution in [2.24, 2.45) is 0 Å². The van der Waals surface area contributed by atoms with Crippen LogP contribution in [0.5, 0.6) is 0 Å². The van der Waals surface area contributed by atoms with Crippen molar-refractivity contribution in [2.45, 2.75) is 11.3 Å². The van der Waals surface area contributed by atoms with E-state index in [1.807, 2.05) is 18.2 Å². The summed E-state index contributed by atoms with van der Waals surface area (Å²) < 4.78 is 0.989. The summed E-state index contributed by atoms with van der Waals surface area (Å²) in [4.78, 5) is 1.01. The first-order valence-corrected chi connectivity index (χ1v) is 5.85. The summed E-state index contributed by atoms with van der Waals surface area (Å²) in [5.74, 6) is 0.777. The molecule has 0 aliphatic heterocycles. The zero-order valence-corrected chi connectivity index (χ0v) is 9.92. The molecule has 0 amide bonds. The van der Waals surface area contributed by atoms with Gasteiger partial charge in [-0.2, -0.15) is 5.26 Å². The molecule has 0 saturated heterocycles. The van der Waals surface area contributed by atoms with Crippen molar-refractivity contribution in [1.82, 2.24) is 0 Å². The Bertz CT molecular complexity index is 315. The molecule has 0 aliphatic rings. The van der Waals surface area contributed by atoms with Crippen LogP contribution in [0.1, 0.15) is 6.42 Å².